The summed E-state index contributed by atoms with van der Waals surface area (Å²) in [6.45, 7) is 7.09. The van der Waals surface area contributed by atoms with E-state index >= 15 is 0 Å². The van der Waals surface area contributed by atoms with Gasteiger partial charge in [0.1, 0.15) is 5.82 Å². The van der Waals surface area contributed by atoms with Crippen LogP contribution in [0.4, 0.5) is 0 Å². The summed E-state index contributed by atoms with van der Waals surface area (Å²) >= 11 is 0. The van der Waals surface area contributed by atoms with Gasteiger partial charge in [0.05, 0.1) is 11.0 Å². The van der Waals surface area contributed by atoms with E-state index in [2.05, 4.69) is 48.2 Å². The summed E-state index contributed by atoms with van der Waals surface area (Å²) in [7, 11) is 0. The van der Waals surface area contributed by atoms with E-state index in [1.807, 2.05) is 6.07 Å². The Hall–Kier alpha value is -1.84. The average Bonchev–Trinajstić information content (AvgIpc) is 2.84. The molecule has 4 nitrogen and oxygen atoms in total. The molecule has 0 unspecified atom stereocenters. The summed E-state index contributed by atoms with van der Waals surface area (Å²) < 4.78 is 0. The van der Waals surface area contributed by atoms with Crippen LogP contribution in [0.5, 0.6) is 0 Å². The maximum absolute atomic E-state index is 11.7. The quantitative estimate of drug-likeness (QED) is 0.821. The molecule has 0 spiro atoms. The van der Waals surface area contributed by atoms with Gasteiger partial charge in [-0.05, 0) is 36.5 Å². The highest BCUT2D eigenvalue weighted by molar-refractivity contribution is 5.78. The van der Waals surface area contributed by atoms with Gasteiger partial charge in [-0.3, -0.25) is 4.79 Å². The Kier molecular flexibility index (Phi) is 5.37. The molecule has 2 aromatic rings. The van der Waals surface area contributed by atoms with Crippen LogP contribution in [-0.4, -0.2) is 22.4 Å². The van der Waals surface area contributed by atoms with Crippen molar-refractivity contribution < 1.29 is 4.79 Å². The van der Waals surface area contributed by atoms with Crippen LogP contribution < -0.4 is 5.32 Å². The number of H-pyrrole nitrogens is 1. The molecular formula is C17H25N3O. The number of aromatic nitrogens is 2. The van der Waals surface area contributed by atoms with Gasteiger partial charge in [0.15, 0.2) is 0 Å². The first-order chi connectivity index (χ1) is 10.1. The van der Waals surface area contributed by atoms with Crippen LogP contribution in [0, 0.1) is 5.92 Å². The number of amides is 1. The zero-order valence-corrected chi connectivity index (χ0v) is 13.2. The second-order valence-electron chi connectivity index (χ2n) is 5.98. The number of imidazole rings is 1. The summed E-state index contributed by atoms with van der Waals surface area (Å²) in [5, 5.41) is 2.95. The monoisotopic (exact) mass is 287 g/mol. The molecule has 2 rings (SSSR count). The van der Waals surface area contributed by atoms with Crippen molar-refractivity contribution in [3.8, 4) is 0 Å². The zero-order valence-electron chi connectivity index (χ0n) is 13.2. The maximum Gasteiger partial charge on any atom is 0.220 e. The van der Waals surface area contributed by atoms with Crippen molar-refractivity contribution in [2.24, 2.45) is 5.92 Å². The predicted octanol–water partition coefficient (Wildman–Crippen LogP) is 3.22. The third kappa shape index (κ3) is 4.59. The SMILES string of the molecule is CCCc1nc2ccc(CCC(=O)NCC(C)C)cc2[nH]1. The third-order valence-electron chi connectivity index (χ3n) is 3.43. The van der Waals surface area contributed by atoms with Crippen LogP contribution in [0.2, 0.25) is 0 Å². The van der Waals surface area contributed by atoms with Crippen molar-refractivity contribution in [3.63, 3.8) is 0 Å². The van der Waals surface area contributed by atoms with Crippen LogP contribution in [0.1, 0.15) is 45.0 Å². The number of carbonyl (C=O) groups excluding carboxylic acids is 1. The number of rotatable bonds is 7. The van der Waals surface area contributed by atoms with E-state index in [0.717, 1.165) is 42.7 Å². The van der Waals surface area contributed by atoms with Gasteiger partial charge in [-0.2, -0.15) is 0 Å². The van der Waals surface area contributed by atoms with Gasteiger partial charge in [0, 0.05) is 19.4 Å². The Morgan fingerprint density at radius 2 is 2.14 bits per heavy atom. The molecule has 1 amide bonds. The molecule has 1 aromatic heterocycles. The molecule has 114 valence electrons. The molecule has 1 aromatic carbocycles. The first-order valence-corrected chi connectivity index (χ1v) is 7.82. The molecule has 21 heavy (non-hydrogen) atoms. The Morgan fingerprint density at radius 3 is 2.86 bits per heavy atom. The minimum absolute atomic E-state index is 0.125. The van der Waals surface area contributed by atoms with E-state index in [1.165, 1.54) is 5.56 Å². The Balaban J connectivity index is 1.94. The highest BCUT2D eigenvalue weighted by Crippen LogP contribution is 2.15. The number of nitrogens with one attached hydrogen (secondary N) is 2. The first-order valence-electron chi connectivity index (χ1n) is 7.82. The Morgan fingerprint density at radius 1 is 1.33 bits per heavy atom. The number of nitrogens with zero attached hydrogens (tertiary/aromatic N) is 1. The van der Waals surface area contributed by atoms with Crippen molar-refractivity contribution in [1.82, 2.24) is 15.3 Å². The van der Waals surface area contributed by atoms with Crippen molar-refractivity contribution in [3.05, 3.63) is 29.6 Å². The van der Waals surface area contributed by atoms with Crippen LogP contribution in [0.3, 0.4) is 0 Å². The first kappa shape index (κ1) is 15.5. The fourth-order valence-electron chi connectivity index (χ4n) is 2.28. The van der Waals surface area contributed by atoms with Gasteiger partial charge in [0.2, 0.25) is 5.91 Å². The summed E-state index contributed by atoms with van der Waals surface area (Å²) in [4.78, 5) is 19.6. The van der Waals surface area contributed by atoms with Crippen molar-refractivity contribution in [2.75, 3.05) is 6.54 Å². The lowest BCUT2D eigenvalue weighted by atomic mass is 10.1. The third-order valence-corrected chi connectivity index (χ3v) is 3.43. The predicted molar refractivity (Wildman–Crippen MR) is 86.3 cm³/mol. The van der Waals surface area contributed by atoms with E-state index < -0.39 is 0 Å². The number of hydrogen-bond donors (Lipinski definition) is 2. The van der Waals surface area contributed by atoms with Gasteiger partial charge < -0.3 is 10.3 Å². The van der Waals surface area contributed by atoms with E-state index in [0.29, 0.717) is 12.3 Å². The van der Waals surface area contributed by atoms with Crippen molar-refractivity contribution in [2.45, 2.75) is 46.5 Å². The second-order valence-corrected chi connectivity index (χ2v) is 5.98. The van der Waals surface area contributed by atoms with Crippen LogP contribution in [0.15, 0.2) is 18.2 Å². The standard InChI is InChI=1S/C17H25N3O/c1-4-5-16-19-14-8-6-13(10-15(14)20-16)7-9-17(21)18-11-12(2)3/h6,8,10,12H,4-5,7,9,11H2,1-3H3,(H,18,21)(H,19,20). The van der Waals surface area contributed by atoms with E-state index in [9.17, 15) is 4.79 Å². The lowest BCUT2D eigenvalue weighted by Gasteiger charge is -2.07. The van der Waals surface area contributed by atoms with E-state index in [-0.39, 0.29) is 5.91 Å². The minimum Gasteiger partial charge on any atom is -0.356 e. The molecule has 0 aliphatic rings. The largest absolute Gasteiger partial charge is 0.356 e. The summed E-state index contributed by atoms with van der Waals surface area (Å²) in [5.74, 6) is 1.66. The molecule has 2 N–H and O–H groups in total. The normalized spacial score (nSPS) is 11.2. The molecule has 0 aliphatic carbocycles. The Labute approximate surface area is 126 Å². The summed E-state index contributed by atoms with van der Waals surface area (Å²) in [6.07, 6.45) is 3.36. The molecule has 0 saturated heterocycles. The maximum atomic E-state index is 11.7. The molecule has 0 saturated carbocycles. The van der Waals surface area contributed by atoms with Gasteiger partial charge >= 0.3 is 0 Å². The Bertz CT molecular complexity index is 601. The number of aryl methyl sites for hydroxylation is 2. The van der Waals surface area contributed by atoms with Crippen LogP contribution >= 0.6 is 0 Å². The molecule has 0 fully saturated rings. The average molecular weight is 287 g/mol. The van der Waals surface area contributed by atoms with Crippen LogP contribution in [-0.2, 0) is 17.6 Å². The molecule has 4 heteroatoms. The smallest absolute Gasteiger partial charge is 0.220 e. The van der Waals surface area contributed by atoms with Gasteiger partial charge in [-0.1, -0.05) is 26.8 Å². The van der Waals surface area contributed by atoms with Crippen molar-refractivity contribution >= 4 is 16.9 Å². The minimum atomic E-state index is 0.125. The highest BCUT2D eigenvalue weighted by Gasteiger charge is 2.06. The molecule has 1 heterocycles. The number of benzene rings is 1. The van der Waals surface area contributed by atoms with Gasteiger partial charge in [-0.15, -0.1) is 0 Å². The fraction of sp³-hybridized carbons (Fsp3) is 0.529. The summed E-state index contributed by atoms with van der Waals surface area (Å²) in [5.41, 5.74) is 3.25. The molecular weight excluding hydrogens is 262 g/mol. The number of fused-ring (bicyclic) bond motifs is 1. The molecule has 0 aliphatic heterocycles. The van der Waals surface area contributed by atoms with E-state index in [4.69, 9.17) is 0 Å². The van der Waals surface area contributed by atoms with Crippen molar-refractivity contribution in [1.29, 1.82) is 0 Å². The van der Waals surface area contributed by atoms with Crippen LogP contribution in [0.25, 0.3) is 11.0 Å². The molecule has 0 atom stereocenters. The van der Waals surface area contributed by atoms with E-state index in [1.54, 1.807) is 0 Å². The number of aromatic amines is 1. The lowest BCUT2D eigenvalue weighted by Crippen LogP contribution is -2.27. The lowest BCUT2D eigenvalue weighted by molar-refractivity contribution is -0.121. The fourth-order valence-corrected chi connectivity index (χ4v) is 2.28. The topological polar surface area (TPSA) is 57.8 Å². The summed E-state index contributed by atoms with van der Waals surface area (Å²) in [6, 6.07) is 6.21. The van der Waals surface area contributed by atoms with Gasteiger partial charge in [0.25, 0.3) is 0 Å². The zero-order chi connectivity index (χ0) is 15.2. The molecule has 0 radical (unpaired) electrons. The second kappa shape index (κ2) is 7.25. The van der Waals surface area contributed by atoms with Gasteiger partial charge in [-0.25, -0.2) is 4.98 Å². The number of carbonyl (C=O) groups is 1. The molecule has 0 bridgehead atoms. The highest BCUT2D eigenvalue weighted by atomic mass is 16.1. The number of hydrogen-bond acceptors (Lipinski definition) is 2.